The standard InChI is InChI=1S/C9H16N4/c1-9(7-5-11-12-6-7)8(10)3-4-13(9)2/h5-6,8H,3-4,10H2,1-2H3,(H,11,12). The first-order chi connectivity index (χ1) is 6.15. The van der Waals surface area contributed by atoms with Gasteiger partial charge < -0.3 is 5.73 Å². The zero-order chi connectivity index (χ0) is 9.47. The molecule has 1 aliphatic heterocycles. The van der Waals surface area contributed by atoms with E-state index in [0.29, 0.717) is 0 Å². The molecule has 0 aliphatic carbocycles. The van der Waals surface area contributed by atoms with E-state index in [9.17, 15) is 0 Å². The second kappa shape index (κ2) is 2.82. The van der Waals surface area contributed by atoms with Crippen LogP contribution in [0, 0.1) is 0 Å². The van der Waals surface area contributed by atoms with Crippen LogP contribution < -0.4 is 5.73 Å². The summed E-state index contributed by atoms with van der Waals surface area (Å²) in [5.74, 6) is 0. The van der Waals surface area contributed by atoms with Crippen LogP contribution in [0.15, 0.2) is 12.4 Å². The molecule has 4 nitrogen and oxygen atoms in total. The number of nitrogens with one attached hydrogen (secondary N) is 1. The van der Waals surface area contributed by atoms with Crippen molar-refractivity contribution >= 4 is 0 Å². The zero-order valence-electron chi connectivity index (χ0n) is 8.12. The molecule has 72 valence electrons. The van der Waals surface area contributed by atoms with E-state index in [2.05, 4.69) is 29.1 Å². The Bertz CT molecular complexity index is 270. The monoisotopic (exact) mass is 180 g/mol. The molecule has 2 rings (SSSR count). The molecule has 1 aliphatic rings. The van der Waals surface area contributed by atoms with E-state index < -0.39 is 0 Å². The van der Waals surface area contributed by atoms with E-state index in [1.54, 1.807) is 0 Å². The Morgan fingerprint density at radius 3 is 3.00 bits per heavy atom. The zero-order valence-corrected chi connectivity index (χ0v) is 8.12. The van der Waals surface area contributed by atoms with Crippen LogP contribution in [-0.2, 0) is 5.54 Å². The molecule has 0 spiro atoms. The van der Waals surface area contributed by atoms with Crippen molar-refractivity contribution in [2.75, 3.05) is 13.6 Å². The summed E-state index contributed by atoms with van der Waals surface area (Å²) in [6, 6.07) is 0.204. The van der Waals surface area contributed by atoms with Gasteiger partial charge in [0.05, 0.1) is 11.7 Å². The molecule has 1 aromatic heterocycles. The molecular formula is C9H16N4. The number of hydrogen-bond acceptors (Lipinski definition) is 3. The first kappa shape index (κ1) is 8.72. The topological polar surface area (TPSA) is 57.9 Å². The summed E-state index contributed by atoms with van der Waals surface area (Å²) in [6.45, 7) is 3.23. The highest BCUT2D eigenvalue weighted by molar-refractivity contribution is 5.22. The molecule has 1 fully saturated rings. The van der Waals surface area contributed by atoms with Gasteiger partial charge in [-0.05, 0) is 20.4 Å². The Balaban J connectivity index is 2.38. The van der Waals surface area contributed by atoms with E-state index >= 15 is 0 Å². The number of nitrogens with two attached hydrogens (primary N) is 1. The Kier molecular flexibility index (Phi) is 1.89. The van der Waals surface area contributed by atoms with Gasteiger partial charge in [0.2, 0.25) is 0 Å². The van der Waals surface area contributed by atoms with E-state index in [1.165, 1.54) is 5.56 Å². The van der Waals surface area contributed by atoms with Crippen LogP contribution in [0.3, 0.4) is 0 Å². The summed E-state index contributed by atoms with van der Waals surface area (Å²) in [7, 11) is 2.11. The fourth-order valence-electron chi connectivity index (χ4n) is 2.09. The molecular weight excluding hydrogens is 164 g/mol. The summed E-state index contributed by atoms with van der Waals surface area (Å²) in [5, 5.41) is 6.81. The van der Waals surface area contributed by atoms with E-state index in [-0.39, 0.29) is 11.6 Å². The summed E-state index contributed by atoms with van der Waals surface area (Å²) in [5.41, 5.74) is 7.24. The summed E-state index contributed by atoms with van der Waals surface area (Å²) >= 11 is 0. The van der Waals surface area contributed by atoms with Gasteiger partial charge in [0, 0.05) is 24.3 Å². The molecule has 3 N–H and O–H groups in total. The van der Waals surface area contributed by atoms with E-state index in [0.717, 1.165) is 13.0 Å². The van der Waals surface area contributed by atoms with Gasteiger partial charge in [-0.25, -0.2) is 0 Å². The van der Waals surface area contributed by atoms with Gasteiger partial charge in [-0.1, -0.05) is 0 Å². The average molecular weight is 180 g/mol. The Morgan fingerprint density at radius 1 is 1.77 bits per heavy atom. The predicted octanol–water partition coefficient (Wildman–Crippen LogP) is 0.288. The quantitative estimate of drug-likeness (QED) is 0.653. The maximum atomic E-state index is 6.11. The number of aromatic amines is 1. The van der Waals surface area contributed by atoms with Crippen molar-refractivity contribution in [2.24, 2.45) is 5.73 Å². The molecule has 0 radical (unpaired) electrons. The van der Waals surface area contributed by atoms with Crippen molar-refractivity contribution < 1.29 is 0 Å². The number of H-pyrrole nitrogens is 1. The average Bonchev–Trinajstić information content (AvgIpc) is 2.70. The lowest BCUT2D eigenvalue weighted by Gasteiger charge is -2.34. The lowest BCUT2D eigenvalue weighted by molar-refractivity contribution is 0.181. The van der Waals surface area contributed by atoms with Crippen LogP contribution in [0.4, 0.5) is 0 Å². The van der Waals surface area contributed by atoms with Crippen LogP contribution in [0.25, 0.3) is 0 Å². The van der Waals surface area contributed by atoms with Crippen molar-refractivity contribution in [3.05, 3.63) is 18.0 Å². The first-order valence-electron chi connectivity index (χ1n) is 4.62. The molecule has 13 heavy (non-hydrogen) atoms. The number of rotatable bonds is 1. The number of likely N-dealkylation sites (N-methyl/N-ethyl adjacent to an activating group) is 1. The molecule has 4 heteroatoms. The molecule has 1 saturated heterocycles. The lowest BCUT2D eigenvalue weighted by atomic mass is 9.88. The fraction of sp³-hybridized carbons (Fsp3) is 0.667. The summed E-state index contributed by atoms with van der Waals surface area (Å²) < 4.78 is 0. The molecule has 0 aromatic carbocycles. The van der Waals surface area contributed by atoms with Crippen molar-refractivity contribution in [1.82, 2.24) is 15.1 Å². The van der Waals surface area contributed by atoms with Crippen molar-refractivity contribution in [3.63, 3.8) is 0 Å². The second-order valence-corrected chi connectivity index (χ2v) is 3.95. The van der Waals surface area contributed by atoms with Gasteiger partial charge in [-0.3, -0.25) is 10.00 Å². The number of nitrogens with zero attached hydrogens (tertiary/aromatic N) is 2. The third-order valence-electron chi connectivity index (χ3n) is 3.37. The van der Waals surface area contributed by atoms with Gasteiger partial charge in [0.25, 0.3) is 0 Å². The normalized spacial score (nSPS) is 35.5. The number of hydrogen-bond donors (Lipinski definition) is 2. The van der Waals surface area contributed by atoms with Crippen LogP contribution in [0.5, 0.6) is 0 Å². The lowest BCUT2D eigenvalue weighted by Crippen LogP contribution is -2.46. The van der Waals surface area contributed by atoms with Crippen LogP contribution in [0.1, 0.15) is 18.9 Å². The van der Waals surface area contributed by atoms with Gasteiger partial charge in [-0.15, -0.1) is 0 Å². The first-order valence-corrected chi connectivity index (χ1v) is 4.62. The molecule has 0 amide bonds. The van der Waals surface area contributed by atoms with Gasteiger partial charge in [0.15, 0.2) is 0 Å². The summed E-state index contributed by atoms with van der Waals surface area (Å²) in [4.78, 5) is 2.29. The minimum Gasteiger partial charge on any atom is -0.326 e. The fourth-order valence-corrected chi connectivity index (χ4v) is 2.09. The van der Waals surface area contributed by atoms with E-state index in [4.69, 9.17) is 5.73 Å². The van der Waals surface area contributed by atoms with Crippen molar-refractivity contribution in [1.29, 1.82) is 0 Å². The SMILES string of the molecule is CN1CCC(N)C1(C)c1cn[nH]c1. The maximum absolute atomic E-state index is 6.11. The van der Waals surface area contributed by atoms with E-state index in [1.807, 2.05) is 12.4 Å². The second-order valence-electron chi connectivity index (χ2n) is 3.95. The molecule has 2 atom stereocenters. The molecule has 0 saturated carbocycles. The van der Waals surface area contributed by atoms with Gasteiger partial charge in [0.1, 0.15) is 0 Å². The predicted molar refractivity (Wildman–Crippen MR) is 51.2 cm³/mol. The highest BCUT2D eigenvalue weighted by atomic mass is 15.2. The van der Waals surface area contributed by atoms with Crippen LogP contribution >= 0.6 is 0 Å². The number of likely N-dealkylation sites (tertiary alicyclic amines) is 1. The third-order valence-corrected chi connectivity index (χ3v) is 3.37. The van der Waals surface area contributed by atoms with Crippen LogP contribution in [-0.4, -0.2) is 34.7 Å². The Morgan fingerprint density at radius 2 is 2.54 bits per heavy atom. The molecule has 2 heterocycles. The maximum Gasteiger partial charge on any atom is 0.0613 e. The smallest absolute Gasteiger partial charge is 0.0613 e. The Labute approximate surface area is 78.1 Å². The third kappa shape index (κ3) is 1.09. The van der Waals surface area contributed by atoms with Crippen molar-refractivity contribution in [2.45, 2.75) is 24.9 Å². The van der Waals surface area contributed by atoms with Gasteiger partial charge in [-0.2, -0.15) is 5.10 Å². The van der Waals surface area contributed by atoms with Crippen molar-refractivity contribution in [3.8, 4) is 0 Å². The molecule has 2 unspecified atom stereocenters. The molecule has 1 aromatic rings. The largest absolute Gasteiger partial charge is 0.326 e. The molecule has 0 bridgehead atoms. The Hall–Kier alpha value is -0.870. The minimum absolute atomic E-state index is 0.0486. The van der Waals surface area contributed by atoms with Crippen LogP contribution in [0.2, 0.25) is 0 Å². The highest BCUT2D eigenvalue weighted by Gasteiger charge is 2.42. The highest BCUT2D eigenvalue weighted by Crippen LogP contribution is 2.35. The number of aromatic nitrogens is 2. The summed E-state index contributed by atoms with van der Waals surface area (Å²) in [6.07, 6.45) is 4.85. The minimum atomic E-state index is -0.0486. The van der Waals surface area contributed by atoms with Gasteiger partial charge >= 0.3 is 0 Å².